The van der Waals surface area contributed by atoms with Gasteiger partial charge < -0.3 is 10.6 Å². The Morgan fingerprint density at radius 1 is 1.36 bits per heavy atom. The summed E-state index contributed by atoms with van der Waals surface area (Å²) in [5.41, 5.74) is 5.62. The number of sulfone groups is 1. The molecule has 0 aliphatic heterocycles. The maximum Gasteiger partial charge on any atom is 0.147 e. The summed E-state index contributed by atoms with van der Waals surface area (Å²) in [7, 11) is -0.812. The molecule has 0 aromatic heterocycles. The minimum absolute atomic E-state index is 0.215. The summed E-state index contributed by atoms with van der Waals surface area (Å²) in [5.74, 6) is 0.273. The van der Waals surface area contributed by atoms with Crippen molar-refractivity contribution in [3.63, 3.8) is 0 Å². The average Bonchev–Trinajstić information content (AvgIpc) is 1.98. The third-order valence-electron chi connectivity index (χ3n) is 2.02. The van der Waals surface area contributed by atoms with Crippen LogP contribution in [0.15, 0.2) is 0 Å². The van der Waals surface area contributed by atoms with Crippen LogP contribution in [0.2, 0.25) is 0 Å². The Kier molecular flexibility index (Phi) is 6.31. The van der Waals surface area contributed by atoms with Crippen molar-refractivity contribution in [3.05, 3.63) is 0 Å². The van der Waals surface area contributed by atoms with Gasteiger partial charge in [-0.1, -0.05) is 0 Å². The monoisotopic (exact) mass is 222 g/mol. The van der Waals surface area contributed by atoms with Gasteiger partial charge in [-0.15, -0.1) is 0 Å². The van der Waals surface area contributed by atoms with Crippen molar-refractivity contribution in [3.8, 4) is 0 Å². The van der Waals surface area contributed by atoms with E-state index >= 15 is 0 Å². The molecule has 0 aromatic rings. The molecule has 0 heterocycles. The smallest absolute Gasteiger partial charge is 0.147 e. The topological polar surface area (TPSA) is 63.4 Å². The molecule has 2 N–H and O–H groups in total. The highest BCUT2D eigenvalue weighted by atomic mass is 32.2. The summed E-state index contributed by atoms with van der Waals surface area (Å²) < 4.78 is 21.7. The van der Waals surface area contributed by atoms with E-state index in [1.54, 1.807) is 0 Å². The lowest BCUT2D eigenvalue weighted by Crippen LogP contribution is -2.27. The van der Waals surface area contributed by atoms with Gasteiger partial charge in [-0.25, -0.2) is 8.42 Å². The molecule has 14 heavy (non-hydrogen) atoms. The molecule has 0 fully saturated rings. The third-order valence-corrected chi connectivity index (χ3v) is 3.05. The molecule has 0 saturated carbocycles. The third kappa shape index (κ3) is 9.95. The van der Waals surface area contributed by atoms with Gasteiger partial charge in [0.15, 0.2) is 0 Å². The highest BCUT2D eigenvalue weighted by Gasteiger charge is 2.04. The molecular formula is C9H22N2O2S. The van der Waals surface area contributed by atoms with Crippen molar-refractivity contribution < 1.29 is 8.42 Å². The zero-order valence-corrected chi connectivity index (χ0v) is 10.2. The van der Waals surface area contributed by atoms with Gasteiger partial charge in [0.05, 0.1) is 5.75 Å². The molecule has 86 valence electrons. The van der Waals surface area contributed by atoms with E-state index < -0.39 is 9.84 Å². The molecule has 0 saturated heterocycles. The normalized spacial score (nSPS) is 14.6. The summed E-state index contributed by atoms with van der Waals surface area (Å²) in [6.07, 6.45) is 2.93. The van der Waals surface area contributed by atoms with Crippen molar-refractivity contribution >= 4 is 9.84 Å². The Labute approximate surface area is 87.4 Å². The van der Waals surface area contributed by atoms with Crippen LogP contribution in [0.4, 0.5) is 0 Å². The zero-order chi connectivity index (χ0) is 11.2. The Hall–Kier alpha value is -0.130. The van der Waals surface area contributed by atoms with Crippen LogP contribution in [0.1, 0.15) is 19.8 Å². The van der Waals surface area contributed by atoms with Crippen molar-refractivity contribution in [1.82, 2.24) is 4.90 Å². The molecule has 1 atom stereocenters. The van der Waals surface area contributed by atoms with Gasteiger partial charge in [0.2, 0.25) is 0 Å². The Morgan fingerprint density at radius 2 is 1.93 bits per heavy atom. The standard InChI is InChI=1S/C9H22N2O2S/c1-9(10)5-7-11(2)6-4-8-14(3,12)13/h9H,4-8,10H2,1-3H3. The van der Waals surface area contributed by atoms with Gasteiger partial charge in [-0.3, -0.25) is 0 Å². The first kappa shape index (κ1) is 13.9. The van der Waals surface area contributed by atoms with E-state index in [2.05, 4.69) is 4.90 Å². The molecular weight excluding hydrogens is 200 g/mol. The first-order valence-electron chi connectivity index (χ1n) is 4.93. The van der Waals surface area contributed by atoms with Gasteiger partial charge >= 0.3 is 0 Å². The molecule has 0 radical (unpaired) electrons. The second-order valence-electron chi connectivity index (χ2n) is 4.05. The van der Waals surface area contributed by atoms with Crippen LogP contribution in [0.25, 0.3) is 0 Å². The molecule has 1 unspecified atom stereocenters. The summed E-state index contributed by atoms with van der Waals surface area (Å²) in [4.78, 5) is 2.12. The SMILES string of the molecule is CC(N)CCN(C)CCCS(C)(=O)=O. The van der Waals surface area contributed by atoms with Crippen LogP contribution in [-0.4, -0.2) is 51.5 Å². The Bertz CT molecular complexity index is 237. The fourth-order valence-corrected chi connectivity index (χ4v) is 1.79. The lowest BCUT2D eigenvalue weighted by Gasteiger charge is -2.17. The summed E-state index contributed by atoms with van der Waals surface area (Å²) in [6.45, 7) is 3.73. The fraction of sp³-hybridized carbons (Fsp3) is 1.00. The van der Waals surface area contributed by atoms with Gasteiger partial charge in [0.1, 0.15) is 9.84 Å². The number of hydrogen-bond acceptors (Lipinski definition) is 4. The number of nitrogens with two attached hydrogens (primary N) is 1. The second-order valence-corrected chi connectivity index (χ2v) is 6.31. The summed E-state index contributed by atoms with van der Waals surface area (Å²) in [6, 6.07) is 0.215. The van der Waals surface area contributed by atoms with E-state index in [-0.39, 0.29) is 11.8 Å². The lowest BCUT2D eigenvalue weighted by atomic mass is 10.2. The van der Waals surface area contributed by atoms with Crippen LogP contribution >= 0.6 is 0 Å². The Morgan fingerprint density at radius 3 is 2.36 bits per heavy atom. The second kappa shape index (κ2) is 6.37. The molecule has 0 bridgehead atoms. The van der Waals surface area contributed by atoms with Gasteiger partial charge in [-0.05, 0) is 39.9 Å². The maximum atomic E-state index is 10.8. The average molecular weight is 222 g/mol. The number of hydrogen-bond donors (Lipinski definition) is 1. The minimum atomic E-state index is -2.80. The van der Waals surface area contributed by atoms with Gasteiger partial charge in [0, 0.05) is 12.3 Å². The molecule has 0 aliphatic rings. The summed E-state index contributed by atoms with van der Waals surface area (Å²) >= 11 is 0. The first-order valence-corrected chi connectivity index (χ1v) is 6.99. The zero-order valence-electron chi connectivity index (χ0n) is 9.36. The predicted molar refractivity (Wildman–Crippen MR) is 60.1 cm³/mol. The van der Waals surface area contributed by atoms with Crippen LogP contribution in [0.5, 0.6) is 0 Å². The molecule has 5 heteroatoms. The van der Waals surface area contributed by atoms with Gasteiger partial charge in [0.25, 0.3) is 0 Å². The first-order chi connectivity index (χ1) is 6.31. The van der Waals surface area contributed by atoms with E-state index in [1.807, 2.05) is 14.0 Å². The van der Waals surface area contributed by atoms with E-state index in [1.165, 1.54) is 6.26 Å². The van der Waals surface area contributed by atoms with Crippen LogP contribution in [0.3, 0.4) is 0 Å². The van der Waals surface area contributed by atoms with Crippen LogP contribution < -0.4 is 5.73 Å². The van der Waals surface area contributed by atoms with Crippen molar-refractivity contribution in [2.75, 3.05) is 32.1 Å². The molecule has 4 nitrogen and oxygen atoms in total. The van der Waals surface area contributed by atoms with Gasteiger partial charge in [-0.2, -0.15) is 0 Å². The minimum Gasteiger partial charge on any atom is -0.328 e. The molecule has 0 aliphatic carbocycles. The molecule has 0 aromatic carbocycles. The predicted octanol–water partition coefficient (Wildman–Crippen LogP) is 0.0902. The number of rotatable bonds is 7. The highest BCUT2D eigenvalue weighted by Crippen LogP contribution is 1.95. The largest absolute Gasteiger partial charge is 0.328 e. The molecule has 0 spiro atoms. The van der Waals surface area contributed by atoms with E-state index in [9.17, 15) is 8.42 Å². The summed E-state index contributed by atoms with van der Waals surface area (Å²) in [5, 5.41) is 0. The lowest BCUT2D eigenvalue weighted by molar-refractivity contribution is 0.321. The molecule has 0 rings (SSSR count). The quantitative estimate of drug-likeness (QED) is 0.663. The van der Waals surface area contributed by atoms with Crippen molar-refractivity contribution in [1.29, 1.82) is 0 Å². The van der Waals surface area contributed by atoms with E-state index in [0.29, 0.717) is 6.42 Å². The van der Waals surface area contributed by atoms with E-state index in [0.717, 1.165) is 19.5 Å². The molecule has 0 amide bonds. The Balaban J connectivity index is 3.50. The van der Waals surface area contributed by atoms with E-state index in [4.69, 9.17) is 5.73 Å². The highest BCUT2D eigenvalue weighted by molar-refractivity contribution is 7.90. The van der Waals surface area contributed by atoms with Crippen molar-refractivity contribution in [2.24, 2.45) is 5.73 Å². The maximum absolute atomic E-state index is 10.8. The fourth-order valence-electron chi connectivity index (χ4n) is 1.13. The van der Waals surface area contributed by atoms with Crippen LogP contribution in [-0.2, 0) is 9.84 Å². The number of nitrogens with zero attached hydrogens (tertiary/aromatic N) is 1. The van der Waals surface area contributed by atoms with Crippen molar-refractivity contribution in [2.45, 2.75) is 25.8 Å². The van der Waals surface area contributed by atoms with Crippen LogP contribution in [0, 0.1) is 0 Å².